The number of H-pyrrole nitrogens is 1. The lowest BCUT2D eigenvalue weighted by Gasteiger charge is -2.24. The molecule has 3 aromatic carbocycles. The van der Waals surface area contributed by atoms with Gasteiger partial charge in [0, 0.05) is 12.1 Å². The number of nitrogens with zero attached hydrogens (tertiary/aromatic N) is 2. The molecule has 0 aliphatic heterocycles. The number of anilines is 2. The normalized spacial score (nSPS) is 10.8. The first-order valence-electron chi connectivity index (χ1n) is 11.6. The Bertz CT molecular complexity index is 1410. The molecule has 3 N–H and O–H groups in total. The smallest absolute Gasteiger partial charge is 0.330 e. The van der Waals surface area contributed by atoms with E-state index in [1.807, 2.05) is 79.7 Å². The molecule has 0 saturated carbocycles. The maximum absolute atomic E-state index is 13.6. The number of rotatable bonds is 8. The fourth-order valence-electron chi connectivity index (χ4n) is 3.98. The molecule has 1 heterocycles. The van der Waals surface area contributed by atoms with Crippen LogP contribution < -0.4 is 21.9 Å². The summed E-state index contributed by atoms with van der Waals surface area (Å²) in [5.41, 5.74) is 8.38. The maximum atomic E-state index is 13.6. The van der Waals surface area contributed by atoms with E-state index < -0.39 is 11.2 Å². The Balaban J connectivity index is 1.73. The van der Waals surface area contributed by atoms with Crippen LogP contribution in [0.1, 0.15) is 35.7 Å². The third-order valence-corrected chi connectivity index (χ3v) is 5.89. The molecule has 0 spiro atoms. The third kappa shape index (κ3) is 5.24. The summed E-state index contributed by atoms with van der Waals surface area (Å²) >= 11 is 0. The van der Waals surface area contributed by atoms with Crippen LogP contribution in [0.4, 0.5) is 11.5 Å². The molecule has 0 aliphatic carbocycles. The molecule has 4 rings (SSSR count). The van der Waals surface area contributed by atoms with Crippen molar-refractivity contribution in [1.29, 1.82) is 0 Å². The number of nitrogens with one attached hydrogen (secondary N) is 1. The number of benzene rings is 3. The van der Waals surface area contributed by atoms with E-state index in [0.717, 1.165) is 23.1 Å². The molecule has 178 valence electrons. The first kappa shape index (κ1) is 23.8. The van der Waals surface area contributed by atoms with Crippen molar-refractivity contribution in [3.8, 4) is 11.1 Å². The highest BCUT2D eigenvalue weighted by Crippen LogP contribution is 2.23. The van der Waals surface area contributed by atoms with Crippen LogP contribution in [0.25, 0.3) is 11.1 Å². The van der Waals surface area contributed by atoms with Gasteiger partial charge in [0.25, 0.3) is 11.5 Å². The maximum Gasteiger partial charge on any atom is 0.330 e. The Kier molecular flexibility index (Phi) is 7.26. The minimum Gasteiger partial charge on any atom is -0.383 e. The minimum atomic E-state index is -0.679. The first-order chi connectivity index (χ1) is 17.0. The van der Waals surface area contributed by atoms with Crippen molar-refractivity contribution in [2.24, 2.45) is 0 Å². The zero-order valence-corrected chi connectivity index (χ0v) is 19.6. The summed E-state index contributed by atoms with van der Waals surface area (Å²) in [4.78, 5) is 42.8. The molecule has 0 bridgehead atoms. The number of carbonyl (C=O) groups is 1. The summed E-state index contributed by atoms with van der Waals surface area (Å²) in [7, 11) is 0. The summed E-state index contributed by atoms with van der Waals surface area (Å²) in [6, 6.07) is 26.4. The molecule has 0 atom stereocenters. The molecular weight excluding hydrogens is 440 g/mol. The van der Waals surface area contributed by atoms with Crippen LogP contribution in [0.15, 0.2) is 94.5 Å². The van der Waals surface area contributed by atoms with Crippen LogP contribution >= 0.6 is 0 Å². The lowest BCUT2D eigenvalue weighted by molar-refractivity contribution is 0.0986. The SMILES string of the molecule is CCCCN(C(=O)c1ccc(-c2ccccc2)cc1)c1c(N)n(Cc2ccccc2)c(=O)[nH]c1=O. The zero-order valence-electron chi connectivity index (χ0n) is 19.6. The van der Waals surface area contributed by atoms with E-state index in [9.17, 15) is 14.4 Å². The van der Waals surface area contributed by atoms with Crippen molar-refractivity contribution >= 4 is 17.4 Å². The van der Waals surface area contributed by atoms with Crippen molar-refractivity contribution in [3.05, 3.63) is 117 Å². The Morgan fingerprint density at radius 2 is 1.49 bits per heavy atom. The van der Waals surface area contributed by atoms with E-state index in [4.69, 9.17) is 5.73 Å². The van der Waals surface area contributed by atoms with Crippen LogP contribution in [0.3, 0.4) is 0 Å². The number of unbranched alkanes of at least 4 members (excludes halogenated alkanes) is 1. The molecule has 0 unspecified atom stereocenters. The number of aromatic nitrogens is 2. The van der Waals surface area contributed by atoms with Gasteiger partial charge in [-0.1, -0.05) is 86.1 Å². The molecule has 7 heteroatoms. The Hall–Kier alpha value is -4.39. The lowest BCUT2D eigenvalue weighted by Crippen LogP contribution is -2.41. The highest BCUT2D eigenvalue weighted by Gasteiger charge is 2.25. The molecule has 35 heavy (non-hydrogen) atoms. The third-order valence-electron chi connectivity index (χ3n) is 5.89. The van der Waals surface area contributed by atoms with E-state index in [2.05, 4.69) is 4.98 Å². The highest BCUT2D eigenvalue weighted by atomic mass is 16.2. The molecule has 0 radical (unpaired) electrons. The molecule has 0 fully saturated rings. The second kappa shape index (κ2) is 10.7. The predicted molar refractivity (Wildman–Crippen MR) is 140 cm³/mol. The average Bonchev–Trinajstić information content (AvgIpc) is 2.89. The molecule has 4 aromatic rings. The number of hydrogen-bond donors (Lipinski definition) is 2. The number of nitrogen functional groups attached to an aromatic ring is 1. The van der Waals surface area contributed by atoms with Gasteiger partial charge in [-0.05, 0) is 35.2 Å². The standard InChI is InChI=1S/C28H28N4O3/c1-2-3-18-31(27(34)23-16-14-22(15-17-23)21-12-8-5-9-13-21)24-25(29)32(28(35)30-26(24)33)19-20-10-6-4-7-11-20/h4-17H,2-3,18-19,29H2,1H3,(H,30,33,35). The second-order valence-electron chi connectivity index (χ2n) is 8.32. The van der Waals surface area contributed by atoms with Gasteiger partial charge >= 0.3 is 5.69 Å². The summed E-state index contributed by atoms with van der Waals surface area (Å²) in [5.74, 6) is -0.381. The topological polar surface area (TPSA) is 101 Å². The van der Waals surface area contributed by atoms with Crippen LogP contribution in [0.2, 0.25) is 0 Å². The van der Waals surface area contributed by atoms with Crippen molar-refractivity contribution in [2.75, 3.05) is 17.2 Å². The van der Waals surface area contributed by atoms with Crippen LogP contribution in [0, 0.1) is 0 Å². The van der Waals surface area contributed by atoms with Crippen LogP contribution in [-0.2, 0) is 6.54 Å². The van der Waals surface area contributed by atoms with Crippen molar-refractivity contribution < 1.29 is 4.79 Å². The van der Waals surface area contributed by atoms with E-state index in [0.29, 0.717) is 18.5 Å². The van der Waals surface area contributed by atoms with Gasteiger partial charge in [-0.15, -0.1) is 0 Å². The molecule has 1 amide bonds. The van der Waals surface area contributed by atoms with Crippen LogP contribution in [0.5, 0.6) is 0 Å². The van der Waals surface area contributed by atoms with Gasteiger partial charge in [0.05, 0.1) is 6.54 Å². The minimum absolute atomic E-state index is 0.00822. The number of nitrogens with two attached hydrogens (primary N) is 1. The Labute approximate surface area is 203 Å². The van der Waals surface area contributed by atoms with Gasteiger partial charge in [-0.3, -0.25) is 19.1 Å². The lowest BCUT2D eigenvalue weighted by atomic mass is 10.0. The number of hydrogen-bond acceptors (Lipinski definition) is 4. The molecular formula is C28H28N4O3. The van der Waals surface area contributed by atoms with Gasteiger partial charge in [-0.25, -0.2) is 4.79 Å². The average molecular weight is 469 g/mol. The fraction of sp³-hybridized carbons (Fsp3) is 0.179. The van der Waals surface area contributed by atoms with Gasteiger partial charge < -0.3 is 10.6 Å². The fourth-order valence-corrected chi connectivity index (χ4v) is 3.98. The Morgan fingerprint density at radius 1 is 0.886 bits per heavy atom. The summed E-state index contributed by atoms with van der Waals surface area (Å²) in [6.07, 6.45) is 1.49. The number of carbonyl (C=O) groups excluding carboxylic acids is 1. The highest BCUT2D eigenvalue weighted by molar-refractivity contribution is 6.07. The summed E-state index contributed by atoms with van der Waals surface area (Å²) in [5, 5.41) is 0. The largest absolute Gasteiger partial charge is 0.383 e. The van der Waals surface area contributed by atoms with E-state index in [1.165, 1.54) is 9.47 Å². The summed E-state index contributed by atoms with van der Waals surface area (Å²) < 4.78 is 1.29. The van der Waals surface area contributed by atoms with Gasteiger partial charge in [-0.2, -0.15) is 0 Å². The Morgan fingerprint density at radius 3 is 2.11 bits per heavy atom. The van der Waals surface area contributed by atoms with Gasteiger partial charge in [0.2, 0.25) is 0 Å². The zero-order chi connectivity index (χ0) is 24.8. The van der Waals surface area contributed by atoms with Crippen molar-refractivity contribution in [2.45, 2.75) is 26.3 Å². The monoisotopic (exact) mass is 468 g/mol. The van der Waals surface area contributed by atoms with E-state index in [1.54, 1.807) is 12.1 Å². The molecule has 1 aromatic heterocycles. The first-order valence-corrected chi connectivity index (χ1v) is 11.6. The number of amides is 1. The van der Waals surface area contributed by atoms with E-state index in [-0.39, 0.29) is 24.0 Å². The van der Waals surface area contributed by atoms with Gasteiger partial charge in [0.1, 0.15) is 5.82 Å². The van der Waals surface area contributed by atoms with Crippen molar-refractivity contribution in [3.63, 3.8) is 0 Å². The van der Waals surface area contributed by atoms with Crippen molar-refractivity contribution in [1.82, 2.24) is 9.55 Å². The molecule has 0 aliphatic rings. The molecule has 0 saturated heterocycles. The molecule has 7 nitrogen and oxygen atoms in total. The van der Waals surface area contributed by atoms with Crippen LogP contribution in [-0.4, -0.2) is 22.0 Å². The summed E-state index contributed by atoms with van der Waals surface area (Å²) in [6.45, 7) is 2.48. The number of aromatic amines is 1. The van der Waals surface area contributed by atoms with E-state index >= 15 is 0 Å². The quantitative estimate of drug-likeness (QED) is 0.403. The van der Waals surface area contributed by atoms with Gasteiger partial charge in [0.15, 0.2) is 5.69 Å². The predicted octanol–water partition coefficient (Wildman–Crippen LogP) is 4.28. The second-order valence-corrected chi connectivity index (χ2v) is 8.32.